The van der Waals surface area contributed by atoms with Gasteiger partial charge in [0, 0.05) is 13.0 Å². The van der Waals surface area contributed by atoms with Crippen LogP contribution in [0.2, 0.25) is 0 Å². The number of amides is 1. The third-order valence-corrected chi connectivity index (χ3v) is 3.24. The lowest BCUT2D eigenvalue weighted by molar-refractivity contribution is -0.138. The van der Waals surface area contributed by atoms with Gasteiger partial charge in [-0.25, -0.2) is 0 Å². The maximum Gasteiger partial charge on any atom is 0.303 e. The number of aliphatic carboxylic acids is 1. The summed E-state index contributed by atoms with van der Waals surface area (Å²) in [7, 11) is 0. The molecule has 2 aromatic rings. The number of carboxylic acids is 1. The Bertz CT molecular complexity index is 662. The van der Waals surface area contributed by atoms with Gasteiger partial charge in [-0.05, 0) is 36.8 Å². The van der Waals surface area contributed by atoms with E-state index in [-0.39, 0.29) is 18.7 Å². The number of rotatable bonds is 7. The predicted molar refractivity (Wildman–Crippen MR) is 86.4 cm³/mol. The summed E-state index contributed by atoms with van der Waals surface area (Å²) < 4.78 is 5.73. The topological polar surface area (TPSA) is 75.6 Å². The van der Waals surface area contributed by atoms with Crippen molar-refractivity contribution in [3.8, 4) is 11.5 Å². The Morgan fingerprint density at radius 1 is 0.957 bits per heavy atom. The van der Waals surface area contributed by atoms with Gasteiger partial charge in [-0.3, -0.25) is 9.59 Å². The summed E-state index contributed by atoms with van der Waals surface area (Å²) in [5.41, 5.74) is 2.09. The van der Waals surface area contributed by atoms with Gasteiger partial charge in [-0.1, -0.05) is 29.8 Å². The van der Waals surface area contributed by atoms with Crippen molar-refractivity contribution >= 4 is 11.9 Å². The van der Waals surface area contributed by atoms with Gasteiger partial charge in [0.1, 0.15) is 11.5 Å². The molecule has 0 saturated carbocycles. The lowest BCUT2D eigenvalue weighted by Crippen LogP contribution is -2.23. The molecule has 0 atom stereocenters. The van der Waals surface area contributed by atoms with Crippen LogP contribution in [-0.4, -0.2) is 17.0 Å². The molecular formula is C18H19NO4. The van der Waals surface area contributed by atoms with Crippen LogP contribution in [0.1, 0.15) is 24.0 Å². The van der Waals surface area contributed by atoms with Crippen molar-refractivity contribution < 1.29 is 19.4 Å². The molecule has 0 saturated heterocycles. The van der Waals surface area contributed by atoms with Gasteiger partial charge in [0.25, 0.3) is 0 Å². The molecule has 23 heavy (non-hydrogen) atoms. The molecule has 0 fully saturated rings. The number of nitrogens with one attached hydrogen (secondary N) is 1. The highest BCUT2D eigenvalue weighted by atomic mass is 16.5. The van der Waals surface area contributed by atoms with Crippen LogP contribution in [0.5, 0.6) is 11.5 Å². The molecule has 5 heteroatoms. The molecule has 1 amide bonds. The molecule has 0 aliphatic heterocycles. The maximum atomic E-state index is 11.5. The van der Waals surface area contributed by atoms with E-state index in [9.17, 15) is 9.59 Å². The van der Waals surface area contributed by atoms with Crippen molar-refractivity contribution in [2.24, 2.45) is 0 Å². The second-order valence-electron chi connectivity index (χ2n) is 5.23. The highest BCUT2D eigenvalue weighted by Gasteiger charge is 2.05. The summed E-state index contributed by atoms with van der Waals surface area (Å²) in [6.45, 7) is 2.38. The van der Waals surface area contributed by atoms with Crippen molar-refractivity contribution in [3.63, 3.8) is 0 Å². The van der Waals surface area contributed by atoms with Crippen LogP contribution in [0.4, 0.5) is 0 Å². The quantitative estimate of drug-likeness (QED) is 0.822. The average molecular weight is 313 g/mol. The fourth-order valence-corrected chi connectivity index (χ4v) is 1.93. The van der Waals surface area contributed by atoms with Crippen LogP contribution in [0.25, 0.3) is 0 Å². The number of benzene rings is 2. The van der Waals surface area contributed by atoms with Crippen molar-refractivity contribution in [2.45, 2.75) is 26.3 Å². The second-order valence-corrected chi connectivity index (χ2v) is 5.23. The fourth-order valence-electron chi connectivity index (χ4n) is 1.93. The molecule has 0 aromatic heterocycles. The van der Waals surface area contributed by atoms with Crippen molar-refractivity contribution in [1.29, 1.82) is 0 Å². The van der Waals surface area contributed by atoms with Crippen molar-refractivity contribution in [1.82, 2.24) is 5.32 Å². The second kappa shape index (κ2) is 7.98. The molecular weight excluding hydrogens is 294 g/mol. The number of carbonyl (C=O) groups excluding carboxylic acids is 1. The third kappa shape index (κ3) is 5.82. The lowest BCUT2D eigenvalue weighted by atomic mass is 10.2. The van der Waals surface area contributed by atoms with Gasteiger partial charge in [0.2, 0.25) is 5.91 Å². The van der Waals surface area contributed by atoms with Crippen LogP contribution in [-0.2, 0) is 16.1 Å². The Morgan fingerprint density at radius 2 is 1.52 bits per heavy atom. The van der Waals surface area contributed by atoms with Crippen molar-refractivity contribution in [3.05, 3.63) is 59.7 Å². The largest absolute Gasteiger partial charge is 0.481 e. The summed E-state index contributed by atoms with van der Waals surface area (Å²) in [5.74, 6) is 0.241. The zero-order chi connectivity index (χ0) is 16.7. The first kappa shape index (κ1) is 16.5. The number of hydrogen-bond acceptors (Lipinski definition) is 3. The van der Waals surface area contributed by atoms with E-state index in [1.165, 1.54) is 5.56 Å². The van der Waals surface area contributed by atoms with Gasteiger partial charge in [-0.15, -0.1) is 0 Å². The Kier molecular flexibility index (Phi) is 5.74. The number of hydrogen-bond donors (Lipinski definition) is 2. The van der Waals surface area contributed by atoms with Gasteiger partial charge in [0.05, 0.1) is 6.42 Å². The first-order valence-corrected chi connectivity index (χ1v) is 7.35. The smallest absolute Gasteiger partial charge is 0.303 e. The maximum absolute atomic E-state index is 11.5. The highest BCUT2D eigenvalue weighted by Crippen LogP contribution is 2.21. The number of carbonyl (C=O) groups is 2. The van der Waals surface area contributed by atoms with E-state index in [0.717, 1.165) is 17.1 Å². The summed E-state index contributed by atoms with van der Waals surface area (Å²) in [4.78, 5) is 21.8. The lowest BCUT2D eigenvalue weighted by Gasteiger charge is -2.08. The average Bonchev–Trinajstić information content (AvgIpc) is 2.54. The molecule has 0 heterocycles. The molecule has 2 aromatic carbocycles. The van der Waals surface area contributed by atoms with Crippen molar-refractivity contribution in [2.75, 3.05) is 0 Å². The molecule has 2 N–H and O–H groups in total. The molecule has 0 radical (unpaired) electrons. The normalized spacial score (nSPS) is 10.1. The summed E-state index contributed by atoms with van der Waals surface area (Å²) >= 11 is 0. The summed E-state index contributed by atoms with van der Waals surface area (Å²) in [6.07, 6.45) is -0.168. The van der Waals surface area contributed by atoms with E-state index in [0.29, 0.717) is 6.54 Å². The number of aryl methyl sites for hydroxylation is 1. The molecule has 0 spiro atoms. The number of carboxylic acid groups (broad SMARTS) is 1. The monoisotopic (exact) mass is 313 g/mol. The fraction of sp³-hybridized carbons (Fsp3) is 0.222. The Morgan fingerprint density at radius 3 is 2.09 bits per heavy atom. The van der Waals surface area contributed by atoms with Gasteiger partial charge < -0.3 is 15.2 Å². The molecule has 0 bridgehead atoms. The van der Waals surface area contributed by atoms with Crippen LogP contribution >= 0.6 is 0 Å². The van der Waals surface area contributed by atoms with E-state index in [1.54, 1.807) is 0 Å². The van der Waals surface area contributed by atoms with Crippen LogP contribution in [0.15, 0.2) is 48.5 Å². The molecule has 0 aliphatic carbocycles. The molecule has 5 nitrogen and oxygen atoms in total. The Labute approximate surface area is 134 Å². The zero-order valence-corrected chi connectivity index (χ0v) is 12.9. The van der Waals surface area contributed by atoms with Crippen LogP contribution in [0.3, 0.4) is 0 Å². The minimum Gasteiger partial charge on any atom is -0.481 e. The van der Waals surface area contributed by atoms with E-state index < -0.39 is 5.97 Å². The zero-order valence-electron chi connectivity index (χ0n) is 12.9. The summed E-state index contributed by atoms with van der Waals surface area (Å²) in [5, 5.41) is 11.2. The third-order valence-electron chi connectivity index (χ3n) is 3.24. The number of ether oxygens (including phenoxy) is 1. The first-order chi connectivity index (χ1) is 11.0. The minimum absolute atomic E-state index is 0.00997. The predicted octanol–water partition coefficient (Wildman–Crippen LogP) is 3.27. The SMILES string of the molecule is Cc1ccc(Oc2ccc(CNC(=O)CCC(=O)O)cc2)cc1. The van der Waals surface area contributed by atoms with E-state index in [1.807, 2.05) is 55.5 Å². The van der Waals surface area contributed by atoms with Gasteiger partial charge >= 0.3 is 5.97 Å². The van der Waals surface area contributed by atoms with Gasteiger partial charge in [-0.2, -0.15) is 0 Å². The van der Waals surface area contributed by atoms with E-state index >= 15 is 0 Å². The Balaban J connectivity index is 1.83. The van der Waals surface area contributed by atoms with Gasteiger partial charge in [0.15, 0.2) is 0 Å². The van der Waals surface area contributed by atoms with Crippen LogP contribution < -0.4 is 10.1 Å². The highest BCUT2D eigenvalue weighted by molar-refractivity contribution is 5.80. The molecule has 120 valence electrons. The Hall–Kier alpha value is -2.82. The van der Waals surface area contributed by atoms with E-state index in [4.69, 9.17) is 9.84 Å². The minimum atomic E-state index is -0.974. The standard InChI is InChI=1S/C18H19NO4/c1-13-2-6-15(7-3-13)23-16-8-4-14(5-9-16)12-19-17(20)10-11-18(21)22/h2-9H,10-12H2,1H3,(H,19,20)(H,21,22). The first-order valence-electron chi connectivity index (χ1n) is 7.35. The van der Waals surface area contributed by atoms with E-state index in [2.05, 4.69) is 5.32 Å². The van der Waals surface area contributed by atoms with Crippen LogP contribution in [0, 0.1) is 6.92 Å². The molecule has 0 unspecified atom stereocenters. The summed E-state index contributed by atoms with van der Waals surface area (Å²) in [6, 6.07) is 15.2. The molecule has 0 aliphatic rings. The molecule has 2 rings (SSSR count).